The van der Waals surface area contributed by atoms with Crippen LogP contribution in [0.3, 0.4) is 0 Å². The van der Waals surface area contributed by atoms with Gasteiger partial charge in [0.25, 0.3) is 0 Å². The normalized spacial score (nSPS) is 15.1. The van der Waals surface area contributed by atoms with E-state index in [1.807, 2.05) is 31.2 Å². The van der Waals surface area contributed by atoms with Crippen LogP contribution in [0.4, 0.5) is 0 Å². The van der Waals surface area contributed by atoms with Gasteiger partial charge in [-0.1, -0.05) is 17.7 Å². The summed E-state index contributed by atoms with van der Waals surface area (Å²) in [7, 11) is -3.55. The van der Waals surface area contributed by atoms with Crippen molar-refractivity contribution in [2.75, 3.05) is 13.2 Å². The quantitative estimate of drug-likeness (QED) is 0.715. The molecule has 0 atom stereocenters. The fourth-order valence-corrected chi connectivity index (χ4v) is 3.97. The first kappa shape index (κ1) is 18.7. The zero-order valence-corrected chi connectivity index (χ0v) is 15.8. The second kappa shape index (κ2) is 8.56. The third-order valence-electron chi connectivity index (χ3n) is 4.42. The zero-order valence-electron chi connectivity index (χ0n) is 15.0. The third-order valence-corrected chi connectivity index (χ3v) is 5.90. The highest BCUT2D eigenvalue weighted by atomic mass is 32.2. The summed E-state index contributed by atoms with van der Waals surface area (Å²) < 4.78 is 38.6. The molecule has 0 saturated heterocycles. The lowest BCUT2D eigenvalue weighted by molar-refractivity contribution is 0.210. The number of nitrogens with one attached hydrogen (secondary N) is 1. The van der Waals surface area contributed by atoms with Gasteiger partial charge in [0.1, 0.15) is 18.1 Å². The fourth-order valence-electron chi connectivity index (χ4n) is 2.96. The molecule has 0 radical (unpaired) electrons. The van der Waals surface area contributed by atoms with Gasteiger partial charge in [0, 0.05) is 6.54 Å². The molecule has 1 saturated carbocycles. The molecule has 0 aliphatic heterocycles. The predicted octanol–water partition coefficient (Wildman–Crippen LogP) is 3.67. The molecule has 0 heterocycles. The summed E-state index contributed by atoms with van der Waals surface area (Å²) >= 11 is 0. The molecule has 0 aromatic heterocycles. The number of rotatable bonds is 8. The molecule has 1 aliphatic carbocycles. The summed E-state index contributed by atoms with van der Waals surface area (Å²) in [6.45, 7) is 2.48. The van der Waals surface area contributed by atoms with Crippen molar-refractivity contribution in [3.8, 4) is 11.5 Å². The van der Waals surface area contributed by atoms with Gasteiger partial charge in [-0.2, -0.15) is 0 Å². The van der Waals surface area contributed by atoms with Crippen LogP contribution >= 0.6 is 0 Å². The Balaban J connectivity index is 1.48. The Hall–Kier alpha value is -2.05. The monoisotopic (exact) mass is 375 g/mol. The van der Waals surface area contributed by atoms with Crippen LogP contribution in [0.15, 0.2) is 53.4 Å². The molecule has 1 N–H and O–H groups in total. The molecular formula is C20H25NO4S. The van der Waals surface area contributed by atoms with Crippen LogP contribution in [0, 0.1) is 6.92 Å². The van der Waals surface area contributed by atoms with Crippen molar-refractivity contribution in [3.63, 3.8) is 0 Å². The maximum atomic E-state index is 12.3. The van der Waals surface area contributed by atoms with Crippen molar-refractivity contribution in [2.24, 2.45) is 0 Å². The molecule has 2 aromatic rings. The first-order valence-corrected chi connectivity index (χ1v) is 10.5. The van der Waals surface area contributed by atoms with E-state index in [2.05, 4.69) is 4.72 Å². The fraction of sp³-hybridized carbons (Fsp3) is 0.400. The average Bonchev–Trinajstić information content (AvgIpc) is 3.14. The minimum Gasteiger partial charge on any atom is -0.492 e. The number of aryl methyl sites for hydroxylation is 1. The first-order chi connectivity index (χ1) is 12.5. The average molecular weight is 375 g/mol. The summed E-state index contributed by atoms with van der Waals surface area (Å²) in [5, 5.41) is 0. The van der Waals surface area contributed by atoms with Crippen LogP contribution in [-0.2, 0) is 10.0 Å². The molecular weight excluding hydrogens is 350 g/mol. The predicted molar refractivity (Wildman–Crippen MR) is 101 cm³/mol. The van der Waals surface area contributed by atoms with Crippen LogP contribution in [0.25, 0.3) is 0 Å². The number of hydrogen-bond acceptors (Lipinski definition) is 4. The Morgan fingerprint density at radius 2 is 1.58 bits per heavy atom. The standard InChI is InChI=1S/C20H25NO4S/c1-16-6-8-17(9-7-16)24-15-14-21-26(22,23)20-12-10-19(11-13-20)25-18-4-2-3-5-18/h6-13,18,21H,2-5,14-15H2,1H3. The smallest absolute Gasteiger partial charge is 0.240 e. The van der Waals surface area contributed by atoms with Crippen molar-refractivity contribution in [3.05, 3.63) is 54.1 Å². The molecule has 2 aromatic carbocycles. The molecule has 6 heteroatoms. The Labute approximate surface area is 155 Å². The minimum absolute atomic E-state index is 0.205. The molecule has 26 heavy (non-hydrogen) atoms. The molecule has 1 aliphatic rings. The number of benzene rings is 2. The van der Waals surface area contributed by atoms with Gasteiger partial charge in [-0.05, 0) is 69.0 Å². The molecule has 3 rings (SSSR count). The lowest BCUT2D eigenvalue weighted by atomic mass is 10.2. The topological polar surface area (TPSA) is 64.6 Å². The van der Waals surface area contributed by atoms with Crippen LogP contribution in [0.1, 0.15) is 31.2 Å². The number of ether oxygens (including phenoxy) is 2. The Kier molecular flexibility index (Phi) is 6.16. The van der Waals surface area contributed by atoms with Crippen molar-refractivity contribution in [2.45, 2.75) is 43.6 Å². The van der Waals surface area contributed by atoms with E-state index < -0.39 is 10.0 Å². The van der Waals surface area contributed by atoms with E-state index in [4.69, 9.17) is 9.47 Å². The van der Waals surface area contributed by atoms with E-state index in [0.717, 1.165) is 29.9 Å². The summed E-state index contributed by atoms with van der Waals surface area (Å²) in [5.41, 5.74) is 1.15. The van der Waals surface area contributed by atoms with Crippen LogP contribution < -0.4 is 14.2 Å². The van der Waals surface area contributed by atoms with Gasteiger partial charge in [0.15, 0.2) is 0 Å². The highest BCUT2D eigenvalue weighted by Crippen LogP contribution is 2.24. The molecule has 0 bridgehead atoms. The first-order valence-electron chi connectivity index (χ1n) is 8.99. The SMILES string of the molecule is Cc1ccc(OCCNS(=O)(=O)c2ccc(OC3CCCC3)cc2)cc1. The maximum absolute atomic E-state index is 12.3. The Morgan fingerprint density at radius 1 is 0.962 bits per heavy atom. The molecule has 0 unspecified atom stereocenters. The zero-order chi connectivity index (χ0) is 18.4. The Morgan fingerprint density at radius 3 is 2.23 bits per heavy atom. The van der Waals surface area contributed by atoms with Gasteiger partial charge in [-0.15, -0.1) is 0 Å². The highest BCUT2D eigenvalue weighted by molar-refractivity contribution is 7.89. The molecule has 0 spiro atoms. The summed E-state index contributed by atoms with van der Waals surface area (Å²) in [4.78, 5) is 0.228. The van der Waals surface area contributed by atoms with E-state index in [-0.39, 0.29) is 24.2 Å². The highest BCUT2D eigenvalue weighted by Gasteiger charge is 2.17. The number of hydrogen-bond donors (Lipinski definition) is 1. The second-order valence-electron chi connectivity index (χ2n) is 6.56. The molecule has 1 fully saturated rings. The second-order valence-corrected chi connectivity index (χ2v) is 8.32. The molecule has 5 nitrogen and oxygen atoms in total. The van der Waals surface area contributed by atoms with Crippen molar-refractivity contribution < 1.29 is 17.9 Å². The van der Waals surface area contributed by atoms with E-state index in [1.54, 1.807) is 24.3 Å². The largest absolute Gasteiger partial charge is 0.492 e. The van der Waals surface area contributed by atoms with Crippen LogP contribution in [0.5, 0.6) is 11.5 Å². The van der Waals surface area contributed by atoms with Crippen molar-refractivity contribution in [1.82, 2.24) is 4.72 Å². The maximum Gasteiger partial charge on any atom is 0.240 e. The van der Waals surface area contributed by atoms with Crippen LogP contribution in [-0.4, -0.2) is 27.7 Å². The molecule has 140 valence electrons. The van der Waals surface area contributed by atoms with Gasteiger partial charge in [-0.25, -0.2) is 13.1 Å². The van der Waals surface area contributed by atoms with Gasteiger partial charge >= 0.3 is 0 Å². The number of sulfonamides is 1. The van der Waals surface area contributed by atoms with Crippen molar-refractivity contribution >= 4 is 10.0 Å². The van der Waals surface area contributed by atoms with E-state index >= 15 is 0 Å². The summed E-state index contributed by atoms with van der Waals surface area (Å²) in [6, 6.07) is 14.2. The van der Waals surface area contributed by atoms with Gasteiger partial charge in [0.05, 0.1) is 11.0 Å². The third kappa shape index (κ3) is 5.22. The van der Waals surface area contributed by atoms with Crippen LogP contribution in [0.2, 0.25) is 0 Å². The minimum atomic E-state index is -3.55. The van der Waals surface area contributed by atoms with Crippen molar-refractivity contribution in [1.29, 1.82) is 0 Å². The van der Waals surface area contributed by atoms with E-state index in [1.165, 1.54) is 12.8 Å². The van der Waals surface area contributed by atoms with E-state index in [0.29, 0.717) is 0 Å². The summed E-state index contributed by atoms with van der Waals surface area (Å²) in [6.07, 6.45) is 4.80. The molecule has 0 amide bonds. The Bertz CT molecular complexity index is 795. The lowest BCUT2D eigenvalue weighted by Crippen LogP contribution is -2.28. The van der Waals surface area contributed by atoms with Gasteiger partial charge in [0.2, 0.25) is 10.0 Å². The summed E-state index contributed by atoms with van der Waals surface area (Å²) in [5.74, 6) is 1.45. The van der Waals surface area contributed by atoms with E-state index in [9.17, 15) is 8.42 Å². The van der Waals surface area contributed by atoms with Gasteiger partial charge in [-0.3, -0.25) is 0 Å². The van der Waals surface area contributed by atoms with Gasteiger partial charge < -0.3 is 9.47 Å². The lowest BCUT2D eigenvalue weighted by Gasteiger charge is -2.13.